The van der Waals surface area contributed by atoms with Gasteiger partial charge in [0.15, 0.2) is 0 Å². The van der Waals surface area contributed by atoms with Gasteiger partial charge in [-0.2, -0.15) is 0 Å². The van der Waals surface area contributed by atoms with Gasteiger partial charge in [0.1, 0.15) is 0 Å². The first-order chi connectivity index (χ1) is 5.52. The average Bonchev–Trinajstić information content (AvgIpc) is 2.70. The second-order valence-corrected chi connectivity index (χ2v) is 3.40. The lowest BCUT2D eigenvalue weighted by atomic mass is 10.1. The Morgan fingerprint density at radius 3 is 2.25 bits per heavy atom. The summed E-state index contributed by atoms with van der Waals surface area (Å²) in [5.74, 6) is -3.23. The van der Waals surface area contributed by atoms with Crippen molar-refractivity contribution >= 4 is 0 Å². The fourth-order valence-electron chi connectivity index (χ4n) is 1.14. The third-order valence-electron chi connectivity index (χ3n) is 2.14. The molecule has 0 spiro atoms. The Kier molecular flexibility index (Phi) is 2.96. The van der Waals surface area contributed by atoms with Crippen LogP contribution in [0.5, 0.6) is 0 Å². The molecule has 12 heavy (non-hydrogen) atoms. The molecule has 0 aromatic rings. The van der Waals surface area contributed by atoms with Crippen LogP contribution in [0.1, 0.15) is 32.1 Å². The van der Waals surface area contributed by atoms with E-state index in [4.69, 9.17) is 0 Å². The largest absolute Gasteiger partial charge is 0.307 e. The van der Waals surface area contributed by atoms with Gasteiger partial charge >= 0.3 is 12.3 Å². The first kappa shape index (κ1) is 9.81. The molecule has 72 valence electrons. The second kappa shape index (κ2) is 3.62. The van der Waals surface area contributed by atoms with Crippen molar-refractivity contribution < 1.29 is 17.6 Å². The highest BCUT2D eigenvalue weighted by atomic mass is 19.3. The summed E-state index contributed by atoms with van der Waals surface area (Å²) in [6, 6.07) is 0. The van der Waals surface area contributed by atoms with E-state index >= 15 is 0 Å². The van der Waals surface area contributed by atoms with Crippen molar-refractivity contribution in [2.45, 2.75) is 44.5 Å². The van der Waals surface area contributed by atoms with Gasteiger partial charge in [0, 0.05) is 6.42 Å². The molecule has 0 bridgehead atoms. The van der Waals surface area contributed by atoms with E-state index in [9.17, 15) is 17.6 Å². The molecular formula is C8H12F4. The molecule has 1 fully saturated rings. The van der Waals surface area contributed by atoms with Crippen LogP contribution in [0.2, 0.25) is 0 Å². The molecular weight excluding hydrogens is 172 g/mol. The minimum Gasteiger partial charge on any atom is -0.204 e. The molecule has 1 rings (SSSR count). The highest BCUT2D eigenvalue weighted by molar-refractivity contribution is 4.75. The number of rotatable bonds is 5. The summed E-state index contributed by atoms with van der Waals surface area (Å²) in [6.45, 7) is 0. The van der Waals surface area contributed by atoms with E-state index < -0.39 is 18.8 Å². The Morgan fingerprint density at radius 1 is 1.25 bits per heavy atom. The summed E-state index contributed by atoms with van der Waals surface area (Å²) >= 11 is 0. The van der Waals surface area contributed by atoms with E-state index in [0.29, 0.717) is 12.3 Å². The van der Waals surface area contributed by atoms with Crippen LogP contribution < -0.4 is 0 Å². The second-order valence-electron chi connectivity index (χ2n) is 3.40. The molecule has 0 heterocycles. The van der Waals surface area contributed by atoms with Crippen LogP contribution >= 0.6 is 0 Å². The van der Waals surface area contributed by atoms with E-state index in [2.05, 4.69) is 0 Å². The summed E-state index contributed by atoms with van der Waals surface area (Å²) < 4.78 is 47.7. The Balaban J connectivity index is 2.10. The maximum Gasteiger partial charge on any atom is 0.307 e. The van der Waals surface area contributed by atoms with Crippen LogP contribution in [0, 0.1) is 5.92 Å². The maximum atomic E-state index is 12.3. The van der Waals surface area contributed by atoms with Crippen molar-refractivity contribution in [1.29, 1.82) is 0 Å². The van der Waals surface area contributed by atoms with Crippen molar-refractivity contribution in [2.75, 3.05) is 0 Å². The fourth-order valence-corrected chi connectivity index (χ4v) is 1.14. The van der Waals surface area contributed by atoms with Gasteiger partial charge in [-0.25, -0.2) is 17.6 Å². The lowest BCUT2D eigenvalue weighted by Crippen LogP contribution is -2.26. The van der Waals surface area contributed by atoms with Crippen LogP contribution in [0.3, 0.4) is 0 Å². The third kappa shape index (κ3) is 2.99. The normalized spacial score (nSPS) is 18.8. The smallest absolute Gasteiger partial charge is 0.204 e. The van der Waals surface area contributed by atoms with Crippen LogP contribution in [-0.4, -0.2) is 12.3 Å². The zero-order chi connectivity index (χ0) is 9.19. The summed E-state index contributed by atoms with van der Waals surface area (Å²) in [5.41, 5.74) is 0. The summed E-state index contributed by atoms with van der Waals surface area (Å²) in [7, 11) is 0. The number of hydrogen-bond donors (Lipinski definition) is 0. The summed E-state index contributed by atoms with van der Waals surface area (Å²) in [4.78, 5) is 0. The van der Waals surface area contributed by atoms with Crippen molar-refractivity contribution in [2.24, 2.45) is 5.92 Å². The quantitative estimate of drug-likeness (QED) is 0.574. The van der Waals surface area contributed by atoms with Crippen LogP contribution in [0.15, 0.2) is 0 Å². The predicted octanol–water partition coefficient (Wildman–Crippen LogP) is 3.47. The Labute approximate surface area is 69.0 Å². The topological polar surface area (TPSA) is 0 Å². The SMILES string of the molecule is FC(F)C(F)(F)CCCC1CC1. The monoisotopic (exact) mass is 184 g/mol. The van der Waals surface area contributed by atoms with E-state index in [0.717, 1.165) is 12.8 Å². The van der Waals surface area contributed by atoms with Crippen molar-refractivity contribution in [3.8, 4) is 0 Å². The van der Waals surface area contributed by atoms with Gasteiger partial charge in [0.05, 0.1) is 0 Å². The van der Waals surface area contributed by atoms with Gasteiger partial charge in [0.25, 0.3) is 0 Å². The van der Waals surface area contributed by atoms with E-state index in [1.165, 1.54) is 0 Å². The minimum atomic E-state index is -3.77. The third-order valence-corrected chi connectivity index (χ3v) is 2.14. The molecule has 0 nitrogen and oxygen atoms in total. The number of halogens is 4. The molecule has 0 N–H and O–H groups in total. The van der Waals surface area contributed by atoms with E-state index in [1.807, 2.05) is 0 Å². The molecule has 0 aromatic carbocycles. The average molecular weight is 184 g/mol. The van der Waals surface area contributed by atoms with Gasteiger partial charge in [-0.3, -0.25) is 0 Å². The van der Waals surface area contributed by atoms with Gasteiger partial charge in [-0.15, -0.1) is 0 Å². The molecule has 0 unspecified atom stereocenters. The lowest BCUT2D eigenvalue weighted by molar-refractivity contribution is -0.133. The molecule has 4 heteroatoms. The number of alkyl halides is 4. The molecule has 1 aliphatic rings. The van der Waals surface area contributed by atoms with Gasteiger partial charge < -0.3 is 0 Å². The van der Waals surface area contributed by atoms with Crippen LogP contribution in [0.4, 0.5) is 17.6 Å². The predicted molar refractivity (Wildman–Crippen MR) is 37.5 cm³/mol. The highest BCUT2D eigenvalue weighted by Crippen LogP contribution is 2.36. The first-order valence-electron chi connectivity index (χ1n) is 4.18. The fraction of sp³-hybridized carbons (Fsp3) is 1.00. The van der Waals surface area contributed by atoms with Crippen molar-refractivity contribution in [1.82, 2.24) is 0 Å². The summed E-state index contributed by atoms with van der Waals surface area (Å²) in [6.07, 6.45) is -1.09. The zero-order valence-electron chi connectivity index (χ0n) is 6.70. The molecule has 0 aromatic heterocycles. The van der Waals surface area contributed by atoms with E-state index in [1.54, 1.807) is 0 Å². The van der Waals surface area contributed by atoms with Gasteiger partial charge in [-0.1, -0.05) is 19.3 Å². The molecule has 1 aliphatic carbocycles. The van der Waals surface area contributed by atoms with Gasteiger partial charge in [-0.05, 0) is 12.3 Å². The highest BCUT2D eigenvalue weighted by Gasteiger charge is 2.40. The minimum absolute atomic E-state index is 0.224. The number of hydrogen-bond acceptors (Lipinski definition) is 0. The molecule has 1 saturated carbocycles. The maximum absolute atomic E-state index is 12.3. The van der Waals surface area contributed by atoms with Crippen molar-refractivity contribution in [3.05, 3.63) is 0 Å². The lowest BCUT2D eigenvalue weighted by Gasteiger charge is -2.14. The molecule has 0 saturated heterocycles. The van der Waals surface area contributed by atoms with Crippen LogP contribution in [-0.2, 0) is 0 Å². The Bertz CT molecular complexity index is 140. The van der Waals surface area contributed by atoms with Gasteiger partial charge in [0.2, 0.25) is 0 Å². The Hall–Kier alpha value is -0.280. The molecule has 0 atom stereocenters. The zero-order valence-corrected chi connectivity index (χ0v) is 6.70. The standard InChI is InChI=1S/C8H12F4/c9-7(10)8(11,12)5-1-2-6-3-4-6/h6-7H,1-5H2. The van der Waals surface area contributed by atoms with Crippen LogP contribution in [0.25, 0.3) is 0 Å². The van der Waals surface area contributed by atoms with Crippen molar-refractivity contribution in [3.63, 3.8) is 0 Å². The molecule has 0 aliphatic heterocycles. The molecule has 0 amide bonds. The first-order valence-corrected chi connectivity index (χ1v) is 4.18. The summed E-state index contributed by atoms with van der Waals surface area (Å²) in [5, 5.41) is 0. The van der Waals surface area contributed by atoms with E-state index in [-0.39, 0.29) is 6.42 Å². The Morgan fingerprint density at radius 2 is 1.83 bits per heavy atom. The molecule has 0 radical (unpaired) electrons.